The van der Waals surface area contributed by atoms with Gasteiger partial charge in [0.15, 0.2) is 0 Å². The van der Waals surface area contributed by atoms with Gasteiger partial charge in [-0.15, -0.1) is 0 Å². The third-order valence-corrected chi connectivity index (χ3v) is 9.50. The van der Waals surface area contributed by atoms with Crippen molar-refractivity contribution in [2.75, 3.05) is 72.4 Å². The standard InChI is InChI=1S/C40H73N7O11/c1-8-9-10-11-29-22-35(53)47(37(29)55)17-14-31(49)42-16-19-57-21-20-56-18-15-32(50)45-30(12-13-33(51)46-41)36(54)44-25-40(6,7)28-58-27-38(2,3)23-34(52)43-24-39(4,5)26-48/h29-30,48H,8-28,41H2,1-7H3,(H,42,49)(H,43,52)(H,44,54)(H,45,50)(H,46,51)/t29?,30-/m0/s1. The Bertz CT molecular complexity index is 1330. The van der Waals surface area contributed by atoms with Crippen molar-refractivity contribution in [2.45, 2.75) is 119 Å². The van der Waals surface area contributed by atoms with Gasteiger partial charge in [0.05, 0.1) is 39.6 Å². The number of rotatable bonds is 32. The number of hydrogen-bond donors (Lipinski definition) is 7. The van der Waals surface area contributed by atoms with Crippen molar-refractivity contribution < 1.29 is 52.9 Å². The highest BCUT2D eigenvalue weighted by molar-refractivity contribution is 6.03. The molecule has 7 amide bonds. The summed E-state index contributed by atoms with van der Waals surface area (Å²) in [5.41, 5.74) is 0.648. The molecular formula is C40H73N7O11. The lowest BCUT2D eigenvalue weighted by Gasteiger charge is -2.30. The van der Waals surface area contributed by atoms with Crippen molar-refractivity contribution in [1.29, 1.82) is 0 Å². The van der Waals surface area contributed by atoms with Crippen molar-refractivity contribution >= 4 is 41.4 Å². The third-order valence-electron chi connectivity index (χ3n) is 9.50. The second kappa shape index (κ2) is 27.1. The predicted octanol–water partition coefficient (Wildman–Crippen LogP) is 0.836. The van der Waals surface area contributed by atoms with E-state index in [1.54, 1.807) is 0 Å². The number of likely N-dealkylation sites (tertiary alicyclic amines) is 1. The highest BCUT2D eigenvalue weighted by atomic mass is 16.5. The van der Waals surface area contributed by atoms with E-state index < -0.39 is 40.0 Å². The lowest BCUT2D eigenvalue weighted by atomic mass is 9.89. The van der Waals surface area contributed by atoms with Crippen molar-refractivity contribution in [3.63, 3.8) is 0 Å². The number of aliphatic hydroxyl groups excluding tert-OH is 1. The molecule has 0 aliphatic carbocycles. The summed E-state index contributed by atoms with van der Waals surface area (Å²) >= 11 is 0. The molecule has 1 heterocycles. The predicted molar refractivity (Wildman–Crippen MR) is 216 cm³/mol. The van der Waals surface area contributed by atoms with Gasteiger partial charge in [-0.2, -0.15) is 0 Å². The van der Waals surface area contributed by atoms with E-state index in [1.165, 1.54) is 4.90 Å². The van der Waals surface area contributed by atoms with Gasteiger partial charge in [0.2, 0.25) is 41.4 Å². The molecule has 334 valence electrons. The fourth-order valence-corrected chi connectivity index (χ4v) is 5.83. The van der Waals surface area contributed by atoms with Crippen LogP contribution in [0.3, 0.4) is 0 Å². The molecule has 0 aromatic rings. The van der Waals surface area contributed by atoms with Crippen molar-refractivity contribution in [3.05, 3.63) is 0 Å². The molecule has 0 aromatic carbocycles. The van der Waals surface area contributed by atoms with Gasteiger partial charge in [-0.1, -0.05) is 67.7 Å². The van der Waals surface area contributed by atoms with Crippen LogP contribution in [-0.2, 0) is 47.8 Å². The molecule has 0 bridgehead atoms. The van der Waals surface area contributed by atoms with E-state index in [9.17, 15) is 38.7 Å². The number of ether oxygens (including phenoxy) is 3. The van der Waals surface area contributed by atoms with Gasteiger partial charge in [0.1, 0.15) is 6.04 Å². The smallest absolute Gasteiger partial charge is 0.242 e. The third kappa shape index (κ3) is 23.0. The van der Waals surface area contributed by atoms with Crippen LogP contribution in [0, 0.1) is 22.2 Å². The largest absolute Gasteiger partial charge is 0.396 e. The number of hydrazine groups is 1. The van der Waals surface area contributed by atoms with Gasteiger partial charge in [-0.05, 0) is 18.3 Å². The van der Waals surface area contributed by atoms with Crippen LogP contribution in [0.1, 0.15) is 113 Å². The minimum atomic E-state index is -1.00. The average Bonchev–Trinajstić information content (AvgIpc) is 3.43. The van der Waals surface area contributed by atoms with Gasteiger partial charge in [-0.3, -0.25) is 43.9 Å². The van der Waals surface area contributed by atoms with Crippen LogP contribution in [0.15, 0.2) is 0 Å². The monoisotopic (exact) mass is 828 g/mol. The quantitative estimate of drug-likeness (QED) is 0.0164. The first kappa shape index (κ1) is 52.3. The van der Waals surface area contributed by atoms with Crippen LogP contribution in [0.5, 0.6) is 0 Å². The molecule has 0 radical (unpaired) electrons. The second-order valence-electron chi connectivity index (χ2n) is 17.4. The summed E-state index contributed by atoms with van der Waals surface area (Å²) in [6, 6.07) is -1.00. The average molecular weight is 828 g/mol. The number of unbranched alkanes of at least 4 members (excludes halogenated alkanes) is 2. The summed E-state index contributed by atoms with van der Waals surface area (Å²) in [5, 5.41) is 20.5. The number of aliphatic hydroxyl groups is 1. The van der Waals surface area contributed by atoms with Gasteiger partial charge >= 0.3 is 0 Å². The lowest BCUT2D eigenvalue weighted by molar-refractivity contribution is -0.140. The molecule has 1 rings (SSSR count). The van der Waals surface area contributed by atoms with Crippen LogP contribution in [0.4, 0.5) is 0 Å². The van der Waals surface area contributed by atoms with E-state index >= 15 is 0 Å². The lowest BCUT2D eigenvalue weighted by Crippen LogP contribution is -2.50. The molecule has 2 atom stereocenters. The van der Waals surface area contributed by atoms with E-state index in [0.717, 1.165) is 19.3 Å². The van der Waals surface area contributed by atoms with E-state index in [4.69, 9.17) is 20.1 Å². The van der Waals surface area contributed by atoms with Crippen LogP contribution in [0.25, 0.3) is 0 Å². The van der Waals surface area contributed by atoms with Gasteiger partial charge in [-0.25, -0.2) is 5.84 Å². The maximum Gasteiger partial charge on any atom is 0.242 e. The molecule has 1 aliphatic heterocycles. The second-order valence-corrected chi connectivity index (χ2v) is 17.4. The van der Waals surface area contributed by atoms with E-state index in [-0.39, 0.29) is 127 Å². The number of hydrogen-bond acceptors (Lipinski definition) is 12. The van der Waals surface area contributed by atoms with Gasteiger partial charge in [0, 0.05) is 81.6 Å². The zero-order chi connectivity index (χ0) is 43.8. The molecule has 8 N–H and O–H groups in total. The number of nitrogens with zero attached hydrogens (tertiary/aromatic N) is 1. The molecule has 1 aliphatic rings. The molecule has 0 aromatic heterocycles. The van der Waals surface area contributed by atoms with Crippen LogP contribution in [-0.4, -0.2) is 130 Å². The summed E-state index contributed by atoms with van der Waals surface area (Å²) in [6.45, 7) is 15.5. The Balaban J connectivity index is 2.36. The van der Waals surface area contributed by atoms with E-state index in [2.05, 4.69) is 28.2 Å². The van der Waals surface area contributed by atoms with Crippen LogP contribution >= 0.6 is 0 Å². The Labute approximate surface area is 344 Å². The summed E-state index contributed by atoms with van der Waals surface area (Å²) in [7, 11) is 0. The summed E-state index contributed by atoms with van der Waals surface area (Å²) in [4.78, 5) is 88.3. The Morgan fingerprint density at radius 3 is 2.09 bits per heavy atom. The fourth-order valence-electron chi connectivity index (χ4n) is 5.83. The highest BCUT2D eigenvalue weighted by Crippen LogP contribution is 2.25. The van der Waals surface area contributed by atoms with E-state index in [1.807, 2.05) is 47.0 Å². The summed E-state index contributed by atoms with van der Waals surface area (Å²) < 4.78 is 16.9. The fraction of sp³-hybridized carbons (Fsp3) is 0.825. The Morgan fingerprint density at radius 2 is 1.43 bits per heavy atom. The number of nitrogens with two attached hydrogens (primary N) is 1. The van der Waals surface area contributed by atoms with Crippen molar-refractivity contribution in [1.82, 2.24) is 31.6 Å². The Hall–Kier alpha value is -3.71. The van der Waals surface area contributed by atoms with E-state index in [0.29, 0.717) is 19.6 Å². The maximum absolute atomic E-state index is 13.2. The normalized spacial score (nSPS) is 15.3. The molecule has 18 heteroatoms. The summed E-state index contributed by atoms with van der Waals surface area (Å²) in [6.07, 6.45) is 4.02. The van der Waals surface area contributed by atoms with Crippen molar-refractivity contribution in [3.8, 4) is 0 Å². The highest BCUT2D eigenvalue weighted by Gasteiger charge is 2.37. The molecule has 58 heavy (non-hydrogen) atoms. The molecule has 1 unspecified atom stereocenters. The number of imide groups is 1. The first-order chi connectivity index (χ1) is 27.2. The molecule has 1 fully saturated rings. The first-order valence-corrected chi connectivity index (χ1v) is 20.5. The molecule has 1 saturated heterocycles. The number of carbonyl (C=O) groups excluding carboxylic acids is 7. The molecular weight excluding hydrogens is 754 g/mol. The van der Waals surface area contributed by atoms with Gasteiger partial charge < -0.3 is 40.6 Å². The maximum atomic E-state index is 13.2. The van der Waals surface area contributed by atoms with Crippen LogP contribution in [0.2, 0.25) is 0 Å². The zero-order valence-electron chi connectivity index (χ0n) is 36.1. The number of carbonyl (C=O) groups is 7. The molecule has 0 saturated carbocycles. The van der Waals surface area contributed by atoms with Crippen molar-refractivity contribution in [2.24, 2.45) is 28.0 Å². The Kier molecular flexibility index (Phi) is 24.5. The Morgan fingerprint density at radius 1 is 0.776 bits per heavy atom. The minimum absolute atomic E-state index is 0.0165. The van der Waals surface area contributed by atoms with Crippen LogP contribution < -0.4 is 32.5 Å². The first-order valence-electron chi connectivity index (χ1n) is 20.5. The molecule has 18 nitrogen and oxygen atoms in total. The number of amides is 7. The molecule has 0 spiro atoms. The number of nitrogens with one attached hydrogen (secondary N) is 5. The minimum Gasteiger partial charge on any atom is -0.396 e. The SMILES string of the molecule is CCCCCC1CC(=O)N(CCC(=O)NCCOCCOCCC(=O)N[C@@H](CCC(=O)NN)C(=O)NCC(C)(C)COCC(C)(C)CC(=O)NCC(C)(C)CO)C1=O. The zero-order valence-corrected chi connectivity index (χ0v) is 36.1. The van der Waals surface area contributed by atoms with Gasteiger partial charge in [0.25, 0.3) is 0 Å². The topological polar surface area (TPSA) is 257 Å². The summed E-state index contributed by atoms with van der Waals surface area (Å²) in [5.74, 6) is 2.68.